The molecule has 0 aromatic heterocycles. The van der Waals surface area contributed by atoms with E-state index in [-0.39, 0.29) is 12.4 Å². The molecule has 5 nitrogen and oxygen atoms in total. The lowest BCUT2D eigenvalue weighted by Gasteiger charge is -2.16. The first-order valence-electron chi connectivity index (χ1n) is 7.84. The lowest BCUT2D eigenvalue weighted by molar-refractivity contribution is -0.695. The fourth-order valence-electron chi connectivity index (χ4n) is 2.23. The second-order valence-electron chi connectivity index (χ2n) is 5.43. The van der Waals surface area contributed by atoms with Crippen LogP contribution in [0.1, 0.15) is 44.0 Å². The molecule has 0 saturated heterocycles. The smallest absolute Gasteiger partial charge is 0.161 e. The van der Waals surface area contributed by atoms with Crippen LogP contribution in [0.4, 0.5) is 0 Å². The molecule has 1 atom stereocenters. The van der Waals surface area contributed by atoms with Crippen molar-refractivity contribution in [3.63, 3.8) is 0 Å². The van der Waals surface area contributed by atoms with Crippen molar-refractivity contribution >= 4 is 5.78 Å². The topological polar surface area (TPSA) is 72.4 Å². The Labute approximate surface area is 132 Å². The minimum atomic E-state index is -0.544. The number of methoxy groups -OCH3 is 1. The molecule has 0 saturated carbocycles. The Bertz CT molecular complexity index is 472. The summed E-state index contributed by atoms with van der Waals surface area (Å²) in [5.74, 6) is 1.02. The SMILES string of the molecule is CCC(CC)[NH2+]C[C@@H](O)COc1ccc(C(C)=O)cc1OC. The molecular weight excluding hydrogens is 282 g/mol. The molecule has 0 radical (unpaired) electrons. The molecule has 0 aliphatic carbocycles. The number of nitrogens with two attached hydrogens (primary N) is 1. The van der Waals surface area contributed by atoms with Gasteiger partial charge in [0.15, 0.2) is 17.3 Å². The summed E-state index contributed by atoms with van der Waals surface area (Å²) in [4.78, 5) is 11.4. The third-order valence-corrected chi connectivity index (χ3v) is 3.79. The maximum absolute atomic E-state index is 11.4. The minimum Gasteiger partial charge on any atom is -0.493 e. The number of hydrogen-bond donors (Lipinski definition) is 2. The number of benzene rings is 1. The van der Waals surface area contributed by atoms with Gasteiger partial charge in [0.2, 0.25) is 0 Å². The second-order valence-corrected chi connectivity index (χ2v) is 5.43. The first-order valence-corrected chi connectivity index (χ1v) is 7.84. The van der Waals surface area contributed by atoms with Crippen molar-refractivity contribution in [2.45, 2.75) is 45.8 Å². The number of Topliss-reactive ketones (excluding diaryl/α,β-unsaturated/α-hetero) is 1. The first kappa shape index (κ1) is 18.5. The zero-order chi connectivity index (χ0) is 16.5. The summed E-state index contributed by atoms with van der Waals surface area (Å²) in [5, 5.41) is 12.2. The fourth-order valence-corrected chi connectivity index (χ4v) is 2.23. The molecule has 0 bridgehead atoms. The van der Waals surface area contributed by atoms with Crippen molar-refractivity contribution < 1.29 is 24.7 Å². The van der Waals surface area contributed by atoms with E-state index in [1.807, 2.05) is 0 Å². The van der Waals surface area contributed by atoms with E-state index in [9.17, 15) is 9.90 Å². The molecule has 0 unspecified atom stereocenters. The van der Waals surface area contributed by atoms with Gasteiger partial charge in [-0.3, -0.25) is 4.79 Å². The van der Waals surface area contributed by atoms with Gasteiger partial charge < -0.3 is 19.9 Å². The van der Waals surface area contributed by atoms with E-state index in [0.29, 0.717) is 29.6 Å². The van der Waals surface area contributed by atoms with Crippen molar-refractivity contribution in [2.75, 3.05) is 20.3 Å². The molecule has 0 aliphatic rings. The number of carbonyl (C=O) groups is 1. The molecule has 124 valence electrons. The van der Waals surface area contributed by atoms with E-state index in [1.165, 1.54) is 14.0 Å². The number of aliphatic hydroxyl groups is 1. The number of rotatable bonds is 10. The number of ketones is 1. The predicted molar refractivity (Wildman–Crippen MR) is 85.7 cm³/mol. The van der Waals surface area contributed by atoms with Gasteiger partial charge in [-0.05, 0) is 38.0 Å². The van der Waals surface area contributed by atoms with E-state index in [0.717, 1.165) is 12.8 Å². The van der Waals surface area contributed by atoms with Gasteiger partial charge in [0, 0.05) is 5.56 Å². The highest BCUT2D eigenvalue weighted by molar-refractivity contribution is 5.94. The summed E-state index contributed by atoms with van der Waals surface area (Å²) < 4.78 is 10.9. The molecule has 0 spiro atoms. The zero-order valence-electron chi connectivity index (χ0n) is 14.0. The molecule has 0 amide bonds. The van der Waals surface area contributed by atoms with Gasteiger partial charge in [0.1, 0.15) is 19.3 Å². The second kappa shape index (κ2) is 9.43. The predicted octanol–water partition coefficient (Wildman–Crippen LogP) is 1.39. The van der Waals surface area contributed by atoms with E-state index in [1.54, 1.807) is 18.2 Å². The van der Waals surface area contributed by atoms with E-state index in [4.69, 9.17) is 9.47 Å². The summed E-state index contributed by atoms with van der Waals surface area (Å²) in [7, 11) is 1.53. The van der Waals surface area contributed by atoms with E-state index < -0.39 is 6.10 Å². The Morgan fingerprint density at radius 2 is 1.95 bits per heavy atom. The van der Waals surface area contributed by atoms with Gasteiger partial charge in [0.05, 0.1) is 13.2 Å². The highest BCUT2D eigenvalue weighted by atomic mass is 16.5. The van der Waals surface area contributed by atoms with E-state index >= 15 is 0 Å². The summed E-state index contributed by atoms with van der Waals surface area (Å²) >= 11 is 0. The van der Waals surface area contributed by atoms with Crippen LogP contribution >= 0.6 is 0 Å². The fraction of sp³-hybridized carbons (Fsp3) is 0.588. The third kappa shape index (κ3) is 5.66. The van der Waals surface area contributed by atoms with Gasteiger partial charge in [-0.15, -0.1) is 0 Å². The van der Waals surface area contributed by atoms with Crippen molar-refractivity contribution in [3.8, 4) is 11.5 Å². The molecule has 1 rings (SSSR count). The lowest BCUT2D eigenvalue weighted by atomic mass is 10.1. The number of hydrogen-bond acceptors (Lipinski definition) is 4. The first-order chi connectivity index (χ1) is 10.5. The maximum Gasteiger partial charge on any atom is 0.161 e. The van der Waals surface area contributed by atoms with Gasteiger partial charge in [-0.1, -0.05) is 13.8 Å². The van der Waals surface area contributed by atoms with Crippen molar-refractivity contribution in [1.82, 2.24) is 0 Å². The van der Waals surface area contributed by atoms with Crippen LogP contribution in [0.2, 0.25) is 0 Å². The van der Waals surface area contributed by atoms with Gasteiger partial charge in [0.25, 0.3) is 0 Å². The highest BCUT2D eigenvalue weighted by Crippen LogP contribution is 2.28. The van der Waals surface area contributed by atoms with Crippen LogP contribution in [0.15, 0.2) is 18.2 Å². The summed E-state index contributed by atoms with van der Waals surface area (Å²) in [5.41, 5.74) is 0.576. The number of ether oxygens (including phenoxy) is 2. The van der Waals surface area contributed by atoms with Crippen LogP contribution in [0, 0.1) is 0 Å². The Hall–Kier alpha value is -1.59. The lowest BCUT2D eigenvalue weighted by Crippen LogP contribution is -2.91. The molecule has 1 aromatic carbocycles. The number of aliphatic hydroxyl groups excluding tert-OH is 1. The average Bonchev–Trinajstić information content (AvgIpc) is 2.53. The third-order valence-electron chi connectivity index (χ3n) is 3.79. The normalized spacial score (nSPS) is 12.3. The van der Waals surface area contributed by atoms with Gasteiger partial charge >= 0.3 is 0 Å². The van der Waals surface area contributed by atoms with Crippen LogP contribution in [-0.4, -0.2) is 43.3 Å². The Kier molecular flexibility index (Phi) is 7.91. The van der Waals surface area contributed by atoms with E-state index in [2.05, 4.69) is 19.2 Å². The zero-order valence-corrected chi connectivity index (χ0v) is 14.0. The minimum absolute atomic E-state index is 0.0235. The van der Waals surface area contributed by atoms with Crippen LogP contribution in [0.5, 0.6) is 11.5 Å². The Morgan fingerprint density at radius 3 is 2.50 bits per heavy atom. The average molecular weight is 310 g/mol. The molecule has 0 heterocycles. The van der Waals surface area contributed by atoms with Gasteiger partial charge in [-0.2, -0.15) is 0 Å². The van der Waals surface area contributed by atoms with Crippen LogP contribution in [0.3, 0.4) is 0 Å². The molecule has 22 heavy (non-hydrogen) atoms. The summed E-state index contributed by atoms with van der Waals surface area (Å²) in [6.45, 7) is 6.61. The Balaban J connectivity index is 2.54. The molecular formula is C17H28NO4+. The van der Waals surface area contributed by atoms with Crippen molar-refractivity contribution in [2.24, 2.45) is 0 Å². The van der Waals surface area contributed by atoms with Crippen LogP contribution < -0.4 is 14.8 Å². The summed E-state index contributed by atoms with van der Waals surface area (Å²) in [6, 6.07) is 5.59. The van der Waals surface area contributed by atoms with Crippen LogP contribution in [-0.2, 0) is 0 Å². The summed E-state index contributed by atoms with van der Waals surface area (Å²) in [6.07, 6.45) is 1.63. The maximum atomic E-state index is 11.4. The molecule has 1 aromatic rings. The number of carbonyl (C=O) groups excluding carboxylic acids is 1. The Morgan fingerprint density at radius 1 is 1.27 bits per heavy atom. The molecule has 5 heteroatoms. The largest absolute Gasteiger partial charge is 0.493 e. The van der Waals surface area contributed by atoms with Crippen molar-refractivity contribution in [3.05, 3.63) is 23.8 Å². The van der Waals surface area contributed by atoms with Gasteiger partial charge in [-0.25, -0.2) is 0 Å². The van der Waals surface area contributed by atoms with Crippen molar-refractivity contribution in [1.29, 1.82) is 0 Å². The monoisotopic (exact) mass is 310 g/mol. The quantitative estimate of drug-likeness (QED) is 0.641. The standard InChI is InChI=1S/C17H27NO4/c1-5-14(6-2)18-10-15(20)11-22-16-8-7-13(12(3)19)9-17(16)21-4/h7-9,14-15,18,20H,5-6,10-11H2,1-4H3/p+1/t15-/m1/s1. The molecule has 0 aliphatic heterocycles. The molecule has 0 fully saturated rings. The molecule has 3 N–H and O–H groups in total. The van der Waals surface area contributed by atoms with Crippen LogP contribution in [0.25, 0.3) is 0 Å². The number of quaternary nitrogens is 1. The highest BCUT2D eigenvalue weighted by Gasteiger charge is 2.14.